The highest BCUT2D eigenvalue weighted by Crippen LogP contribution is 2.28. The summed E-state index contributed by atoms with van der Waals surface area (Å²) in [6, 6.07) is 13.7. The molecule has 0 radical (unpaired) electrons. The van der Waals surface area contributed by atoms with Gasteiger partial charge in [-0.15, -0.1) is 0 Å². The zero-order valence-electron chi connectivity index (χ0n) is 16.0. The molecule has 0 spiro atoms. The van der Waals surface area contributed by atoms with Crippen LogP contribution in [0.3, 0.4) is 0 Å². The van der Waals surface area contributed by atoms with Gasteiger partial charge >= 0.3 is 0 Å². The van der Waals surface area contributed by atoms with Crippen LogP contribution in [0.4, 0.5) is 0 Å². The van der Waals surface area contributed by atoms with Crippen molar-refractivity contribution in [2.45, 2.75) is 33.2 Å². The summed E-state index contributed by atoms with van der Waals surface area (Å²) in [6.45, 7) is 6.29. The van der Waals surface area contributed by atoms with Gasteiger partial charge in [-0.1, -0.05) is 48.8 Å². The van der Waals surface area contributed by atoms with Crippen molar-refractivity contribution in [1.29, 1.82) is 0 Å². The Bertz CT molecular complexity index is 969. The van der Waals surface area contributed by atoms with Gasteiger partial charge < -0.3 is 14.6 Å². The first kappa shape index (κ1) is 20.1. The fourth-order valence-electron chi connectivity index (χ4n) is 2.59. The maximum absolute atomic E-state index is 12.1. The predicted molar refractivity (Wildman–Crippen MR) is 110 cm³/mol. The third-order valence-corrected chi connectivity index (χ3v) is 4.78. The molecule has 2 aromatic carbocycles. The number of nitrogens with zero attached hydrogens (tertiary/aromatic N) is 2. The topological polar surface area (TPSA) is 77.2 Å². The van der Waals surface area contributed by atoms with Crippen molar-refractivity contribution < 1.29 is 14.1 Å². The lowest BCUT2D eigenvalue weighted by Crippen LogP contribution is -2.28. The second kappa shape index (κ2) is 9.01. The molecule has 0 atom stereocenters. The molecular weight excluding hydrogens is 422 g/mol. The van der Waals surface area contributed by atoms with Gasteiger partial charge in [-0.2, -0.15) is 4.98 Å². The molecule has 0 aliphatic rings. The van der Waals surface area contributed by atoms with Crippen LogP contribution in [0.25, 0.3) is 11.4 Å². The van der Waals surface area contributed by atoms with Crippen LogP contribution in [0.5, 0.6) is 5.75 Å². The van der Waals surface area contributed by atoms with Crippen molar-refractivity contribution in [2.24, 2.45) is 0 Å². The summed E-state index contributed by atoms with van der Waals surface area (Å²) >= 11 is 3.48. The van der Waals surface area contributed by atoms with Crippen molar-refractivity contribution in [3.63, 3.8) is 0 Å². The molecule has 1 N–H and O–H groups in total. The Balaban J connectivity index is 1.51. The number of ether oxygens (including phenoxy) is 1. The van der Waals surface area contributed by atoms with E-state index in [-0.39, 0.29) is 19.1 Å². The first-order valence-corrected chi connectivity index (χ1v) is 9.80. The average Bonchev–Trinajstić information content (AvgIpc) is 3.14. The molecule has 7 heteroatoms. The average molecular weight is 444 g/mol. The third-order valence-electron chi connectivity index (χ3n) is 4.16. The van der Waals surface area contributed by atoms with E-state index in [2.05, 4.69) is 45.2 Å². The quantitative estimate of drug-likeness (QED) is 0.575. The number of aromatic nitrogens is 2. The highest BCUT2D eigenvalue weighted by molar-refractivity contribution is 9.10. The van der Waals surface area contributed by atoms with Gasteiger partial charge in [0.15, 0.2) is 6.61 Å². The summed E-state index contributed by atoms with van der Waals surface area (Å²) in [6.07, 6.45) is 0. The van der Waals surface area contributed by atoms with Crippen LogP contribution in [-0.4, -0.2) is 22.7 Å². The molecule has 0 saturated heterocycles. The predicted octanol–water partition coefficient (Wildman–Crippen LogP) is 4.63. The van der Waals surface area contributed by atoms with E-state index in [9.17, 15) is 4.79 Å². The fraction of sp³-hybridized carbons (Fsp3) is 0.286. The van der Waals surface area contributed by atoms with Crippen molar-refractivity contribution in [3.8, 4) is 17.1 Å². The van der Waals surface area contributed by atoms with E-state index in [1.165, 1.54) is 5.56 Å². The number of aryl methyl sites for hydroxylation is 1. The molecule has 0 aliphatic heterocycles. The van der Waals surface area contributed by atoms with Crippen molar-refractivity contribution >= 4 is 21.8 Å². The van der Waals surface area contributed by atoms with Gasteiger partial charge in [-0.3, -0.25) is 4.79 Å². The molecule has 0 bridgehead atoms. The summed E-state index contributed by atoms with van der Waals surface area (Å²) in [4.78, 5) is 16.4. The number of benzene rings is 2. The lowest BCUT2D eigenvalue weighted by Gasteiger charge is -2.11. The third kappa shape index (κ3) is 5.19. The van der Waals surface area contributed by atoms with Gasteiger partial charge in [0.25, 0.3) is 5.91 Å². The zero-order chi connectivity index (χ0) is 20.1. The van der Waals surface area contributed by atoms with Crippen LogP contribution in [0.1, 0.15) is 36.8 Å². The van der Waals surface area contributed by atoms with Crippen molar-refractivity contribution in [1.82, 2.24) is 15.5 Å². The Morgan fingerprint density at radius 3 is 2.79 bits per heavy atom. The number of rotatable bonds is 7. The van der Waals surface area contributed by atoms with Crippen LogP contribution in [0.15, 0.2) is 51.5 Å². The van der Waals surface area contributed by atoms with Gasteiger partial charge in [0.05, 0.1) is 11.0 Å². The molecule has 0 fully saturated rings. The normalized spacial score (nSPS) is 10.9. The molecule has 0 saturated carbocycles. The maximum Gasteiger partial charge on any atom is 0.258 e. The molecule has 3 rings (SSSR count). The number of carbonyl (C=O) groups is 1. The van der Waals surface area contributed by atoms with Crippen LogP contribution >= 0.6 is 15.9 Å². The smallest absolute Gasteiger partial charge is 0.258 e. The second-order valence-electron chi connectivity index (χ2n) is 6.79. The van der Waals surface area contributed by atoms with Gasteiger partial charge in [-0.05, 0) is 52.5 Å². The first-order valence-electron chi connectivity index (χ1n) is 9.01. The molecule has 1 amide bonds. The number of amides is 1. The van der Waals surface area contributed by atoms with Gasteiger partial charge in [0.2, 0.25) is 11.7 Å². The minimum atomic E-state index is -0.268. The summed E-state index contributed by atoms with van der Waals surface area (Å²) in [5.41, 5.74) is 3.19. The molecule has 28 heavy (non-hydrogen) atoms. The van der Waals surface area contributed by atoms with E-state index in [1.807, 2.05) is 49.4 Å². The van der Waals surface area contributed by atoms with E-state index >= 15 is 0 Å². The van der Waals surface area contributed by atoms with Gasteiger partial charge in [-0.25, -0.2) is 0 Å². The van der Waals surface area contributed by atoms with Crippen molar-refractivity contribution in [3.05, 3.63) is 64.0 Å². The summed E-state index contributed by atoms with van der Waals surface area (Å²) in [5, 5.41) is 6.68. The second-order valence-corrected chi connectivity index (χ2v) is 7.65. The minimum Gasteiger partial charge on any atom is -0.483 e. The molecule has 0 unspecified atom stereocenters. The summed E-state index contributed by atoms with van der Waals surface area (Å²) in [7, 11) is 0. The lowest BCUT2D eigenvalue weighted by molar-refractivity contribution is -0.123. The van der Waals surface area contributed by atoms with Crippen LogP contribution < -0.4 is 10.1 Å². The number of hydrogen-bond acceptors (Lipinski definition) is 5. The monoisotopic (exact) mass is 443 g/mol. The van der Waals surface area contributed by atoms with Crippen molar-refractivity contribution in [2.75, 3.05) is 6.61 Å². The molecule has 1 heterocycles. The minimum absolute atomic E-state index is 0.0987. The molecule has 0 aliphatic carbocycles. The number of halogens is 1. The zero-order valence-corrected chi connectivity index (χ0v) is 17.6. The maximum atomic E-state index is 12.1. The molecule has 146 valence electrons. The summed E-state index contributed by atoms with van der Waals surface area (Å²) < 4.78 is 11.6. The molecule has 1 aromatic heterocycles. The molecular formula is C21H22BrN3O3. The van der Waals surface area contributed by atoms with Gasteiger partial charge in [0, 0.05) is 5.56 Å². The molecule has 3 aromatic rings. The number of nitrogens with one attached hydrogen (secondary N) is 1. The summed E-state index contributed by atoms with van der Waals surface area (Å²) in [5.74, 6) is 1.62. The van der Waals surface area contributed by atoms with Crippen LogP contribution in [0.2, 0.25) is 0 Å². The van der Waals surface area contributed by atoms with Crippen LogP contribution in [-0.2, 0) is 11.3 Å². The van der Waals surface area contributed by atoms with Crippen LogP contribution in [0, 0.1) is 6.92 Å². The van der Waals surface area contributed by atoms with E-state index in [4.69, 9.17) is 9.26 Å². The first-order chi connectivity index (χ1) is 13.4. The van der Waals surface area contributed by atoms with E-state index < -0.39 is 0 Å². The standard InChI is InChI=1S/C21H22BrN3O3/c1-13(2)15-7-8-18(17(22)10-15)27-12-19(26)23-11-20-24-21(25-28-20)16-6-4-5-14(3)9-16/h4-10,13H,11-12H2,1-3H3,(H,23,26). The largest absolute Gasteiger partial charge is 0.483 e. The Morgan fingerprint density at radius 1 is 1.25 bits per heavy atom. The Kier molecular flexibility index (Phi) is 6.46. The highest BCUT2D eigenvalue weighted by Gasteiger charge is 2.11. The van der Waals surface area contributed by atoms with E-state index in [1.54, 1.807) is 0 Å². The lowest BCUT2D eigenvalue weighted by atomic mass is 10.0. The highest BCUT2D eigenvalue weighted by atomic mass is 79.9. The Hall–Kier alpha value is -2.67. The van der Waals surface area contributed by atoms with E-state index in [0.29, 0.717) is 23.4 Å². The van der Waals surface area contributed by atoms with Gasteiger partial charge in [0.1, 0.15) is 5.75 Å². The Morgan fingerprint density at radius 2 is 2.07 bits per heavy atom. The molecule has 6 nitrogen and oxygen atoms in total. The number of hydrogen-bond donors (Lipinski definition) is 1. The van der Waals surface area contributed by atoms with E-state index in [0.717, 1.165) is 15.6 Å². The number of carbonyl (C=O) groups excluding carboxylic acids is 1. The fourth-order valence-corrected chi connectivity index (χ4v) is 3.10. The SMILES string of the molecule is Cc1cccc(-c2noc(CNC(=O)COc3ccc(C(C)C)cc3Br)n2)c1. The Labute approximate surface area is 172 Å².